The Kier molecular flexibility index (Phi) is 3.45. The van der Waals surface area contributed by atoms with Crippen molar-refractivity contribution in [2.24, 2.45) is 5.92 Å². The van der Waals surface area contributed by atoms with Crippen LogP contribution in [0.1, 0.15) is 25.0 Å². The predicted octanol–water partition coefficient (Wildman–Crippen LogP) is 2.74. The monoisotopic (exact) mass is 269 g/mol. The number of aliphatic hydroxyl groups excluding tert-OH is 1. The number of carbonyl (C=O) groups excluding carboxylic acids is 1. The van der Waals surface area contributed by atoms with Crippen LogP contribution >= 0.6 is 0 Å². The third kappa shape index (κ3) is 2.54. The van der Waals surface area contributed by atoms with Crippen LogP contribution in [0.2, 0.25) is 0 Å². The highest BCUT2D eigenvalue weighted by Gasteiger charge is 2.28. The van der Waals surface area contributed by atoms with E-state index < -0.39 is 6.10 Å². The van der Waals surface area contributed by atoms with E-state index in [1.165, 1.54) is 0 Å². The number of fused-ring (bicyclic) bond motifs is 1. The van der Waals surface area contributed by atoms with E-state index in [1.807, 2.05) is 36.4 Å². The number of likely N-dealkylation sites (tertiary alicyclic amines) is 1. The molecule has 0 aromatic heterocycles. The summed E-state index contributed by atoms with van der Waals surface area (Å²) in [6.45, 7) is 3.21. The van der Waals surface area contributed by atoms with Gasteiger partial charge in [0.05, 0.1) is 12.6 Å². The van der Waals surface area contributed by atoms with Gasteiger partial charge >= 0.3 is 0 Å². The molecule has 0 saturated carbocycles. The smallest absolute Gasteiger partial charge is 0.223 e. The molecule has 1 N–H and O–H groups in total. The molecule has 1 saturated heterocycles. The van der Waals surface area contributed by atoms with Gasteiger partial charge in [-0.25, -0.2) is 0 Å². The number of β-amino-alcohol motifs (C(OH)–C–C–N with tert-alkyl or cyclic N) is 1. The second-order valence-corrected chi connectivity index (χ2v) is 5.73. The Bertz CT molecular complexity index is 638. The molecule has 1 fully saturated rings. The summed E-state index contributed by atoms with van der Waals surface area (Å²) in [6.07, 6.45) is -0.0152. The van der Waals surface area contributed by atoms with Crippen molar-refractivity contribution in [3.05, 3.63) is 48.0 Å². The van der Waals surface area contributed by atoms with Crippen molar-refractivity contribution in [1.82, 2.24) is 4.90 Å². The summed E-state index contributed by atoms with van der Waals surface area (Å²) >= 11 is 0. The van der Waals surface area contributed by atoms with Crippen LogP contribution in [0.15, 0.2) is 42.5 Å². The second kappa shape index (κ2) is 5.25. The van der Waals surface area contributed by atoms with Gasteiger partial charge in [0.2, 0.25) is 5.91 Å². The first-order valence-corrected chi connectivity index (χ1v) is 7.08. The molecule has 2 aromatic carbocycles. The number of benzene rings is 2. The third-order valence-electron chi connectivity index (χ3n) is 3.96. The lowest BCUT2D eigenvalue weighted by Gasteiger charge is -2.20. The molecule has 1 aliphatic rings. The minimum Gasteiger partial charge on any atom is -0.387 e. The molecule has 0 spiro atoms. The van der Waals surface area contributed by atoms with Crippen LogP contribution in [0.4, 0.5) is 0 Å². The van der Waals surface area contributed by atoms with E-state index >= 15 is 0 Å². The van der Waals surface area contributed by atoms with Gasteiger partial charge in [-0.2, -0.15) is 0 Å². The maximum absolute atomic E-state index is 11.8. The van der Waals surface area contributed by atoms with Crippen LogP contribution in [0.5, 0.6) is 0 Å². The molecule has 1 aliphatic heterocycles. The van der Waals surface area contributed by atoms with E-state index in [1.54, 1.807) is 4.90 Å². The molecule has 1 heterocycles. The average Bonchev–Trinajstić information content (AvgIpc) is 2.76. The van der Waals surface area contributed by atoms with Crippen LogP contribution in [-0.4, -0.2) is 29.0 Å². The van der Waals surface area contributed by atoms with Crippen molar-refractivity contribution in [2.75, 3.05) is 13.1 Å². The number of hydrogen-bond donors (Lipinski definition) is 1. The highest BCUT2D eigenvalue weighted by Crippen LogP contribution is 2.24. The molecular weight excluding hydrogens is 250 g/mol. The minimum absolute atomic E-state index is 0.150. The van der Waals surface area contributed by atoms with Crippen molar-refractivity contribution >= 4 is 16.7 Å². The first-order valence-electron chi connectivity index (χ1n) is 7.08. The highest BCUT2D eigenvalue weighted by atomic mass is 16.3. The van der Waals surface area contributed by atoms with E-state index in [2.05, 4.69) is 13.0 Å². The summed E-state index contributed by atoms with van der Waals surface area (Å²) < 4.78 is 0. The molecule has 2 atom stereocenters. The van der Waals surface area contributed by atoms with Gasteiger partial charge < -0.3 is 10.0 Å². The van der Waals surface area contributed by atoms with Gasteiger partial charge in [0.25, 0.3) is 0 Å². The molecule has 2 unspecified atom stereocenters. The summed E-state index contributed by atoms with van der Waals surface area (Å²) in [5, 5.41) is 12.6. The molecule has 3 heteroatoms. The lowest BCUT2D eigenvalue weighted by atomic mass is 10.0. The molecule has 0 aliphatic carbocycles. The van der Waals surface area contributed by atoms with Gasteiger partial charge in [0.1, 0.15) is 0 Å². The van der Waals surface area contributed by atoms with E-state index in [9.17, 15) is 9.90 Å². The lowest BCUT2D eigenvalue weighted by Crippen LogP contribution is -2.30. The number of rotatable bonds is 3. The zero-order valence-corrected chi connectivity index (χ0v) is 11.6. The van der Waals surface area contributed by atoms with Gasteiger partial charge in [-0.1, -0.05) is 43.3 Å². The molecular formula is C17H19NO2. The molecule has 1 amide bonds. The Morgan fingerprint density at radius 3 is 2.70 bits per heavy atom. The van der Waals surface area contributed by atoms with Crippen LogP contribution in [-0.2, 0) is 4.79 Å². The first kappa shape index (κ1) is 13.1. The van der Waals surface area contributed by atoms with Crippen LogP contribution < -0.4 is 0 Å². The summed E-state index contributed by atoms with van der Waals surface area (Å²) in [4.78, 5) is 13.5. The highest BCUT2D eigenvalue weighted by molar-refractivity contribution is 5.83. The van der Waals surface area contributed by atoms with Gasteiger partial charge in [0, 0.05) is 13.0 Å². The van der Waals surface area contributed by atoms with Crippen molar-refractivity contribution in [1.29, 1.82) is 0 Å². The van der Waals surface area contributed by atoms with Gasteiger partial charge in [-0.05, 0) is 28.3 Å². The maximum Gasteiger partial charge on any atom is 0.223 e. The van der Waals surface area contributed by atoms with Crippen molar-refractivity contribution in [3.63, 3.8) is 0 Å². The van der Waals surface area contributed by atoms with Crippen LogP contribution in [0.3, 0.4) is 0 Å². The summed E-state index contributed by atoms with van der Waals surface area (Å²) in [7, 11) is 0. The maximum atomic E-state index is 11.8. The van der Waals surface area contributed by atoms with Gasteiger partial charge in [0.15, 0.2) is 0 Å². The third-order valence-corrected chi connectivity index (χ3v) is 3.96. The number of carbonyl (C=O) groups is 1. The molecule has 20 heavy (non-hydrogen) atoms. The number of nitrogens with zero attached hydrogens (tertiary/aromatic N) is 1. The van der Waals surface area contributed by atoms with Crippen molar-refractivity contribution < 1.29 is 9.90 Å². The molecule has 3 nitrogen and oxygen atoms in total. The van der Waals surface area contributed by atoms with Crippen molar-refractivity contribution in [2.45, 2.75) is 19.4 Å². The largest absolute Gasteiger partial charge is 0.387 e. The minimum atomic E-state index is -0.617. The standard InChI is InChI=1S/C17H19NO2/c1-12-8-17(20)18(10-12)11-16(19)15-7-6-13-4-2-3-5-14(13)9-15/h2-7,9,12,16,19H,8,10-11H2,1H3. The van der Waals surface area contributed by atoms with Gasteiger partial charge in [-0.3, -0.25) is 4.79 Å². The van der Waals surface area contributed by atoms with Crippen molar-refractivity contribution in [3.8, 4) is 0 Å². The normalized spacial score (nSPS) is 20.6. The summed E-state index contributed by atoms with van der Waals surface area (Å²) in [5.74, 6) is 0.545. The Morgan fingerprint density at radius 2 is 2.00 bits per heavy atom. The quantitative estimate of drug-likeness (QED) is 0.930. The summed E-state index contributed by atoms with van der Waals surface area (Å²) in [5.41, 5.74) is 0.871. The average molecular weight is 269 g/mol. The molecule has 0 bridgehead atoms. The fourth-order valence-corrected chi connectivity index (χ4v) is 2.88. The van der Waals surface area contributed by atoms with Gasteiger partial charge in [-0.15, -0.1) is 0 Å². The number of amides is 1. The number of hydrogen-bond acceptors (Lipinski definition) is 2. The first-order chi connectivity index (χ1) is 9.63. The Morgan fingerprint density at radius 1 is 1.25 bits per heavy atom. The fourth-order valence-electron chi connectivity index (χ4n) is 2.88. The topological polar surface area (TPSA) is 40.5 Å². The zero-order valence-electron chi connectivity index (χ0n) is 11.6. The van der Waals surface area contributed by atoms with E-state index in [0.717, 1.165) is 22.9 Å². The summed E-state index contributed by atoms with van der Waals surface area (Å²) in [6, 6.07) is 14.0. The molecule has 3 rings (SSSR count). The Balaban J connectivity index is 1.78. The number of aliphatic hydroxyl groups is 1. The van der Waals surface area contributed by atoms with Crippen LogP contribution in [0.25, 0.3) is 10.8 Å². The van der Waals surface area contributed by atoms with E-state index in [4.69, 9.17) is 0 Å². The second-order valence-electron chi connectivity index (χ2n) is 5.73. The van der Waals surface area contributed by atoms with E-state index in [0.29, 0.717) is 18.9 Å². The molecule has 0 radical (unpaired) electrons. The molecule has 104 valence electrons. The van der Waals surface area contributed by atoms with E-state index in [-0.39, 0.29) is 5.91 Å². The Labute approximate surface area is 118 Å². The SMILES string of the molecule is CC1CC(=O)N(CC(O)c2ccc3ccccc3c2)C1. The fraction of sp³-hybridized carbons (Fsp3) is 0.353. The van der Waals surface area contributed by atoms with Crippen LogP contribution in [0, 0.1) is 5.92 Å². The predicted molar refractivity (Wildman–Crippen MR) is 79.3 cm³/mol. The lowest BCUT2D eigenvalue weighted by molar-refractivity contribution is -0.128. The zero-order chi connectivity index (χ0) is 14.1. The Hall–Kier alpha value is -1.87. The molecule has 2 aromatic rings.